The molecule has 7 heteroatoms. The number of methoxy groups -OCH3 is 1. The van der Waals surface area contributed by atoms with Crippen LogP contribution >= 0.6 is 0 Å². The molecule has 0 aliphatic carbocycles. The second-order valence-corrected chi connectivity index (χ2v) is 7.20. The molecule has 0 atom stereocenters. The van der Waals surface area contributed by atoms with Gasteiger partial charge in [0.1, 0.15) is 11.4 Å². The van der Waals surface area contributed by atoms with Gasteiger partial charge < -0.3 is 4.74 Å². The summed E-state index contributed by atoms with van der Waals surface area (Å²) in [4.78, 5) is 32.1. The van der Waals surface area contributed by atoms with E-state index in [0.717, 1.165) is 5.56 Å². The molecule has 0 unspecified atom stereocenters. The van der Waals surface area contributed by atoms with Crippen molar-refractivity contribution in [2.75, 3.05) is 12.0 Å². The van der Waals surface area contributed by atoms with E-state index in [4.69, 9.17) is 4.74 Å². The molecule has 148 valence electrons. The number of aryl methyl sites for hydroxylation is 2. The summed E-state index contributed by atoms with van der Waals surface area (Å²) in [6, 6.07) is 14.8. The molecule has 0 fully saturated rings. The van der Waals surface area contributed by atoms with Crippen LogP contribution in [0.3, 0.4) is 0 Å². The third kappa shape index (κ3) is 2.45. The number of anilines is 1. The molecule has 2 aromatic carbocycles. The van der Waals surface area contributed by atoms with Crippen molar-refractivity contribution in [2.45, 2.75) is 13.8 Å². The number of ether oxygens (including phenoxy) is 1. The fourth-order valence-corrected chi connectivity index (χ4v) is 3.93. The minimum Gasteiger partial charge on any atom is -0.494 e. The molecule has 7 nitrogen and oxygen atoms in total. The number of para-hydroxylation sites is 2. The number of pyridine rings is 1. The number of nitrogens with zero attached hydrogens (tertiary/aromatic N) is 4. The van der Waals surface area contributed by atoms with Gasteiger partial charge in [-0.2, -0.15) is 5.10 Å². The molecule has 1 aliphatic rings. The van der Waals surface area contributed by atoms with Gasteiger partial charge in [-0.1, -0.05) is 24.3 Å². The van der Waals surface area contributed by atoms with Gasteiger partial charge in [-0.25, -0.2) is 14.6 Å². The van der Waals surface area contributed by atoms with Crippen molar-refractivity contribution < 1.29 is 14.3 Å². The van der Waals surface area contributed by atoms with Crippen molar-refractivity contribution >= 4 is 28.5 Å². The predicted octanol–water partition coefficient (Wildman–Crippen LogP) is 3.85. The fourth-order valence-electron chi connectivity index (χ4n) is 3.93. The highest BCUT2D eigenvalue weighted by atomic mass is 16.5. The summed E-state index contributed by atoms with van der Waals surface area (Å²) < 4.78 is 7.11. The summed E-state index contributed by atoms with van der Waals surface area (Å²) in [6.07, 6.45) is 1.46. The van der Waals surface area contributed by atoms with Gasteiger partial charge in [0.2, 0.25) is 0 Å². The van der Waals surface area contributed by atoms with Crippen LogP contribution in [0.5, 0.6) is 5.75 Å². The van der Waals surface area contributed by atoms with Crippen LogP contribution < -0.4 is 9.64 Å². The van der Waals surface area contributed by atoms with Crippen LogP contribution in [-0.4, -0.2) is 33.7 Å². The molecule has 1 aliphatic heterocycles. The third-order valence-corrected chi connectivity index (χ3v) is 5.29. The molecule has 2 amide bonds. The van der Waals surface area contributed by atoms with E-state index in [0.29, 0.717) is 39.4 Å². The summed E-state index contributed by atoms with van der Waals surface area (Å²) >= 11 is 0. The molecule has 30 heavy (non-hydrogen) atoms. The summed E-state index contributed by atoms with van der Waals surface area (Å²) in [5, 5.41) is 5.19. The Morgan fingerprint density at radius 2 is 1.77 bits per heavy atom. The summed E-state index contributed by atoms with van der Waals surface area (Å²) in [6.45, 7) is 3.73. The highest BCUT2D eigenvalue weighted by molar-refractivity contribution is 6.37. The monoisotopic (exact) mass is 398 g/mol. The smallest absolute Gasteiger partial charge is 0.267 e. The molecule has 2 aromatic heterocycles. The lowest BCUT2D eigenvalue weighted by Gasteiger charge is -2.14. The van der Waals surface area contributed by atoms with E-state index in [2.05, 4.69) is 10.1 Å². The number of hydrogen-bond acceptors (Lipinski definition) is 5. The maximum atomic E-state index is 13.4. The Labute approximate surface area is 172 Å². The van der Waals surface area contributed by atoms with E-state index >= 15 is 0 Å². The molecular weight excluding hydrogens is 380 g/mol. The summed E-state index contributed by atoms with van der Waals surface area (Å²) in [5.74, 6) is -0.108. The van der Waals surface area contributed by atoms with Gasteiger partial charge in [0.25, 0.3) is 11.8 Å². The minimum absolute atomic E-state index is 0.289. The molecule has 4 aromatic rings. The van der Waals surface area contributed by atoms with E-state index in [-0.39, 0.29) is 17.4 Å². The molecule has 0 saturated heterocycles. The molecule has 5 rings (SSSR count). The van der Waals surface area contributed by atoms with Crippen LogP contribution in [0.2, 0.25) is 0 Å². The van der Waals surface area contributed by atoms with Crippen molar-refractivity contribution in [3.05, 3.63) is 77.1 Å². The van der Waals surface area contributed by atoms with Crippen LogP contribution in [0, 0.1) is 13.8 Å². The van der Waals surface area contributed by atoms with Crippen molar-refractivity contribution in [2.24, 2.45) is 0 Å². The van der Waals surface area contributed by atoms with Crippen molar-refractivity contribution in [1.82, 2.24) is 14.8 Å². The lowest BCUT2D eigenvalue weighted by molar-refractivity contribution is 0.0926. The van der Waals surface area contributed by atoms with E-state index in [1.165, 1.54) is 11.1 Å². The highest BCUT2D eigenvalue weighted by Gasteiger charge is 2.40. The van der Waals surface area contributed by atoms with Gasteiger partial charge in [0, 0.05) is 6.20 Å². The van der Waals surface area contributed by atoms with Crippen LogP contribution in [0.25, 0.3) is 16.7 Å². The first-order valence-electron chi connectivity index (χ1n) is 9.48. The molecule has 0 bridgehead atoms. The quantitative estimate of drug-likeness (QED) is 0.490. The predicted molar refractivity (Wildman–Crippen MR) is 112 cm³/mol. The average molecular weight is 398 g/mol. The van der Waals surface area contributed by atoms with Gasteiger partial charge in [0.05, 0.1) is 35.0 Å². The third-order valence-electron chi connectivity index (χ3n) is 5.29. The Kier molecular flexibility index (Phi) is 3.92. The van der Waals surface area contributed by atoms with Crippen LogP contribution in [0.1, 0.15) is 32.0 Å². The Hall–Kier alpha value is -4.00. The van der Waals surface area contributed by atoms with Crippen molar-refractivity contribution in [1.29, 1.82) is 0 Å². The first-order valence-corrected chi connectivity index (χ1v) is 9.48. The molecular formula is C23H18N4O3. The lowest BCUT2D eigenvalue weighted by atomic mass is 10.1. The zero-order valence-corrected chi connectivity index (χ0v) is 16.7. The number of carbonyl (C=O) groups excluding carboxylic acids is 2. The minimum atomic E-state index is -0.376. The number of amides is 2. The number of fused-ring (bicyclic) bond motifs is 3. The lowest BCUT2D eigenvalue weighted by Crippen LogP contribution is -2.29. The molecule has 0 spiro atoms. The zero-order chi connectivity index (χ0) is 21.0. The zero-order valence-electron chi connectivity index (χ0n) is 16.7. The standard InChI is InChI=1S/C23H18N4O3/c1-13-7-6-8-15(11-13)26-22(28)16-12-24-21-19(20(16)23(26)29)14(2)25-27(21)17-9-4-5-10-18(17)30-3/h4-12H,1-3H3. The fraction of sp³-hybridized carbons (Fsp3) is 0.130. The van der Waals surface area contributed by atoms with E-state index in [1.807, 2.05) is 56.3 Å². The SMILES string of the molecule is COc1ccccc1-n1nc(C)c2c3c(cnc21)C(=O)N(c1cccc(C)c1)C3=O. The number of rotatable bonds is 3. The molecule has 0 radical (unpaired) electrons. The molecule has 3 heterocycles. The number of carbonyl (C=O) groups is 2. The number of aromatic nitrogens is 3. The van der Waals surface area contributed by atoms with Crippen LogP contribution in [0.4, 0.5) is 5.69 Å². The summed E-state index contributed by atoms with van der Waals surface area (Å²) in [5.41, 5.74) is 3.96. The van der Waals surface area contributed by atoms with E-state index in [1.54, 1.807) is 17.9 Å². The van der Waals surface area contributed by atoms with Gasteiger partial charge in [-0.05, 0) is 43.7 Å². The van der Waals surface area contributed by atoms with Crippen molar-refractivity contribution in [3.8, 4) is 11.4 Å². The van der Waals surface area contributed by atoms with Gasteiger partial charge in [-0.3, -0.25) is 9.59 Å². The highest BCUT2D eigenvalue weighted by Crippen LogP contribution is 2.35. The normalized spacial score (nSPS) is 13.2. The Morgan fingerprint density at radius 1 is 0.967 bits per heavy atom. The van der Waals surface area contributed by atoms with Gasteiger partial charge in [0.15, 0.2) is 5.65 Å². The Morgan fingerprint density at radius 3 is 2.53 bits per heavy atom. The van der Waals surface area contributed by atoms with Crippen LogP contribution in [0.15, 0.2) is 54.7 Å². The van der Waals surface area contributed by atoms with Crippen LogP contribution in [-0.2, 0) is 0 Å². The van der Waals surface area contributed by atoms with Gasteiger partial charge in [-0.15, -0.1) is 0 Å². The van der Waals surface area contributed by atoms with E-state index < -0.39 is 0 Å². The maximum Gasteiger partial charge on any atom is 0.267 e. The number of imide groups is 1. The maximum absolute atomic E-state index is 13.4. The van der Waals surface area contributed by atoms with E-state index in [9.17, 15) is 9.59 Å². The largest absolute Gasteiger partial charge is 0.494 e. The Balaban J connectivity index is 1.73. The molecule has 0 saturated carbocycles. The first-order chi connectivity index (χ1) is 14.5. The summed E-state index contributed by atoms with van der Waals surface area (Å²) in [7, 11) is 1.59. The second kappa shape index (κ2) is 6.52. The number of hydrogen-bond donors (Lipinski definition) is 0. The Bertz CT molecular complexity index is 1360. The molecule has 0 N–H and O–H groups in total. The average Bonchev–Trinajstić information content (AvgIpc) is 3.22. The topological polar surface area (TPSA) is 77.3 Å². The van der Waals surface area contributed by atoms with Crippen molar-refractivity contribution in [3.63, 3.8) is 0 Å². The second-order valence-electron chi connectivity index (χ2n) is 7.20. The first kappa shape index (κ1) is 18.1. The number of benzene rings is 2. The van der Waals surface area contributed by atoms with Gasteiger partial charge >= 0.3 is 0 Å².